The fourth-order valence-corrected chi connectivity index (χ4v) is 4.95. The van der Waals surface area contributed by atoms with Gasteiger partial charge in [0.2, 0.25) is 0 Å². The topological polar surface area (TPSA) is 68.6 Å². The average molecular weight is 404 g/mol. The van der Waals surface area contributed by atoms with Crippen LogP contribution in [0, 0.1) is 0 Å². The second kappa shape index (κ2) is 7.02. The molecule has 1 N–H and O–H groups in total. The lowest BCUT2D eigenvalue weighted by Crippen LogP contribution is -2.49. The first-order valence-corrected chi connectivity index (χ1v) is 10.7. The molecule has 0 bridgehead atoms. The Labute approximate surface area is 174 Å². The largest absolute Gasteiger partial charge is 0.486 e. The Morgan fingerprint density at radius 3 is 2.83 bits per heavy atom. The molecular weight excluding hydrogens is 380 g/mol. The number of nitrogens with zero attached hydrogens (tertiary/aromatic N) is 3. The smallest absolute Gasteiger partial charge is 0.251 e. The lowest BCUT2D eigenvalue weighted by Gasteiger charge is -2.42. The number of ether oxygens (including phenoxy) is 2. The summed E-state index contributed by atoms with van der Waals surface area (Å²) >= 11 is 0. The molecule has 3 aromatic rings. The lowest BCUT2D eigenvalue weighted by molar-refractivity contribution is 0.0778. The molecular formula is C23H24N4O3. The maximum atomic E-state index is 12.9. The molecule has 154 valence electrons. The van der Waals surface area contributed by atoms with E-state index in [9.17, 15) is 4.79 Å². The maximum absolute atomic E-state index is 12.9. The van der Waals surface area contributed by atoms with Gasteiger partial charge in [0.25, 0.3) is 5.91 Å². The first-order chi connectivity index (χ1) is 14.8. The molecule has 2 aromatic carbocycles. The SMILES string of the molecule is O=C(N[C@@H]1CCN2CCn3c(nc4ccccc43)C2C1)c1ccc2c(c1)OCCO2. The number of carbonyl (C=O) groups is 1. The Balaban J connectivity index is 1.21. The van der Waals surface area contributed by atoms with Gasteiger partial charge in [-0.3, -0.25) is 9.69 Å². The first-order valence-electron chi connectivity index (χ1n) is 10.7. The third-order valence-corrected chi connectivity index (χ3v) is 6.45. The standard InChI is InChI=1S/C23H24N4O3/c28-23(15-5-6-20-21(13-15)30-12-11-29-20)24-16-7-8-26-9-10-27-18-4-2-1-3-17(18)25-22(27)19(26)14-16/h1-6,13,16,19H,7-12,14H2,(H,24,28)/t16-,19?/m1/s1. The van der Waals surface area contributed by atoms with Crippen molar-refractivity contribution in [3.05, 3.63) is 53.9 Å². The van der Waals surface area contributed by atoms with Gasteiger partial charge < -0.3 is 19.4 Å². The summed E-state index contributed by atoms with van der Waals surface area (Å²) in [6.07, 6.45) is 1.83. The number of carbonyl (C=O) groups excluding carboxylic acids is 1. The molecule has 1 unspecified atom stereocenters. The summed E-state index contributed by atoms with van der Waals surface area (Å²) in [5, 5.41) is 3.24. The summed E-state index contributed by atoms with van der Waals surface area (Å²) in [7, 11) is 0. The zero-order valence-corrected chi connectivity index (χ0v) is 16.7. The molecule has 3 aliphatic rings. The zero-order valence-electron chi connectivity index (χ0n) is 16.7. The summed E-state index contributed by atoms with van der Waals surface area (Å²) in [4.78, 5) is 20.3. The minimum atomic E-state index is -0.0604. The van der Waals surface area contributed by atoms with E-state index in [4.69, 9.17) is 14.5 Å². The number of nitrogens with one attached hydrogen (secondary N) is 1. The molecule has 1 fully saturated rings. The van der Waals surface area contributed by atoms with E-state index in [1.54, 1.807) is 12.1 Å². The highest BCUT2D eigenvalue weighted by atomic mass is 16.6. The number of benzene rings is 2. The molecule has 3 aliphatic heterocycles. The van der Waals surface area contributed by atoms with Crippen LogP contribution in [0.1, 0.15) is 35.1 Å². The zero-order chi connectivity index (χ0) is 20.1. The predicted molar refractivity (Wildman–Crippen MR) is 112 cm³/mol. The van der Waals surface area contributed by atoms with E-state index in [-0.39, 0.29) is 18.0 Å². The van der Waals surface area contributed by atoms with Gasteiger partial charge >= 0.3 is 0 Å². The van der Waals surface area contributed by atoms with Crippen LogP contribution in [0.3, 0.4) is 0 Å². The van der Waals surface area contributed by atoms with Crippen LogP contribution < -0.4 is 14.8 Å². The van der Waals surface area contributed by atoms with Crippen molar-refractivity contribution in [3.8, 4) is 11.5 Å². The summed E-state index contributed by atoms with van der Waals surface area (Å²) in [6.45, 7) is 4.03. The number of hydrogen-bond acceptors (Lipinski definition) is 5. The first kappa shape index (κ1) is 17.8. The van der Waals surface area contributed by atoms with E-state index < -0.39 is 0 Å². The van der Waals surface area contributed by atoms with Gasteiger partial charge in [-0.15, -0.1) is 0 Å². The van der Waals surface area contributed by atoms with E-state index in [2.05, 4.69) is 33.0 Å². The molecule has 30 heavy (non-hydrogen) atoms. The van der Waals surface area contributed by atoms with Crippen LogP contribution in [-0.2, 0) is 6.54 Å². The number of imidazole rings is 1. The molecule has 7 heteroatoms. The summed E-state index contributed by atoms with van der Waals surface area (Å²) in [5.41, 5.74) is 2.86. The van der Waals surface area contributed by atoms with Gasteiger partial charge in [-0.05, 0) is 43.2 Å². The molecule has 0 radical (unpaired) electrons. The van der Waals surface area contributed by atoms with Gasteiger partial charge in [0.15, 0.2) is 11.5 Å². The van der Waals surface area contributed by atoms with E-state index in [1.165, 1.54) is 5.52 Å². The molecule has 0 spiro atoms. The lowest BCUT2D eigenvalue weighted by atomic mass is 9.94. The van der Waals surface area contributed by atoms with Crippen molar-refractivity contribution in [2.45, 2.75) is 31.5 Å². The van der Waals surface area contributed by atoms with Gasteiger partial charge in [-0.1, -0.05) is 12.1 Å². The Morgan fingerprint density at radius 1 is 1.03 bits per heavy atom. The molecule has 2 atom stereocenters. The quantitative estimate of drug-likeness (QED) is 0.711. The molecule has 1 amide bonds. The van der Waals surface area contributed by atoms with Crippen molar-refractivity contribution < 1.29 is 14.3 Å². The minimum Gasteiger partial charge on any atom is -0.486 e. The van der Waals surface area contributed by atoms with Crippen molar-refractivity contribution in [1.82, 2.24) is 19.8 Å². The predicted octanol–water partition coefficient (Wildman–Crippen LogP) is 2.76. The van der Waals surface area contributed by atoms with E-state index >= 15 is 0 Å². The number of fused-ring (bicyclic) bond motifs is 6. The highest BCUT2D eigenvalue weighted by molar-refractivity contribution is 5.95. The van der Waals surface area contributed by atoms with Crippen LogP contribution in [0.4, 0.5) is 0 Å². The van der Waals surface area contributed by atoms with Crippen LogP contribution >= 0.6 is 0 Å². The van der Waals surface area contributed by atoms with Crippen LogP contribution in [0.2, 0.25) is 0 Å². The van der Waals surface area contributed by atoms with Gasteiger partial charge in [0.05, 0.1) is 17.1 Å². The fraction of sp³-hybridized carbons (Fsp3) is 0.391. The van der Waals surface area contributed by atoms with Crippen molar-refractivity contribution >= 4 is 16.9 Å². The van der Waals surface area contributed by atoms with Crippen LogP contribution in [0.15, 0.2) is 42.5 Å². The number of hydrogen-bond donors (Lipinski definition) is 1. The molecule has 6 rings (SSSR count). The Bertz CT molecular complexity index is 1120. The highest BCUT2D eigenvalue weighted by Crippen LogP contribution is 2.36. The van der Waals surface area contributed by atoms with Crippen LogP contribution in [-0.4, -0.2) is 52.7 Å². The monoisotopic (exact) mass is 404 g/mol. The summed E-state index contributed by atoms with van der Waals surface area (Å²) in [6, 6.07) is 14.1. The minimum absolute atomic E-state index is 0.0604. The van der Waals surface area contributed by atoms with Gasteiger partial charge in [0.1, 0.15) is 19.0 Å². The van der Waals surface area contributed by atoms with Gasteiger partial charge in [-0.25, -0.2) is 4.98 Å². The Hall–Kier alpha value is -3.06. The van der Waals surface area contributed by atoms with Crippen molar-refractivity contribution in [3.63, 3.8) is 0 Å². The second-order valence-corrected chi connectivity index (χ2v) is 8.22. The second-order valence-electron chi connectivity index (χ2n) is 8.22. The molecule has 0 aliphatic carbocycles. The normalized spacial score (nSPS) is 22.9. The van der Waals surface area contributed by atoms with Gasteiger partial charge in [-0.2, -0.15) is 0 Å². The molecule has 7 nitrogen and oxygen atoms in total. The average Bonchev–Trinajstić information content (AvgIpc) is 3.18. The molecule has 1 aromatic heterocycles. The van der Waals surface area contributed by atoms with E-state index in [0.29, 0.717) is 30.3 Å². The molecule has 1 saturated heterocycles. The van der Waals surface area contributed by atoms with E-state index in [1.807, 2.05) is 12.1 Å². The van der Waals surface area contributed by atoms with E-state index in [0.717, 1.165) is 43.8 Å². The number of rotatable bonds is 2. The van der Waals surface area contributed by atoms with Crippen molar-refractivity contribution in [1.29, 1.82) is 0 Å². The van der Waals surface area contributed by atoms with Gasteiger partial charge in [0, 0.05) is 31.2 Å². The number of para-hydroxylation sites is 2. The summed E-state index contributed by atoms with van der Waals surface area (Å²) < 4.78 is 13.5. The molecule has 0 saturated carbocycles. The highest BCUT2D eigenvalue weighted by Gasteiger charge is 2.36. The van der Waals surface area contributed by atoms with Crippen molar-refractivity contribution in [2.24, 2.45) is 0 Å². The number of piperidine rings is 1. The third-order valence-electron chi connectivity index (χ3n) is 6.45. The Kier molecular flexibility index (Phi) is 4.16. The molecule has 4 heterocycles. The Morgan fingerprint density at radius 2 is 1.90 bits per heavy atom. The number of amides is 1. The number of aromatic nitrogens is 2. The summed E-state index contributed by atoms with van der Waals surface area (Å²) in [5.74, 6) is 2.41. The fourth-order valence-electron chi connectivity index (χ4n) is 4.95. The van der Waals surface area contributed by atoms with Crippen LogP contribution in [0.25, 0.3) is 11.0 Å². The van der Waals surface area contributed by atoms with Crippen molar-refractivity contribution in [2.75, 3.05) is 26.3 Å². The third kappa shape index (κ3) is 2.92. The van der Waals surface area contributed by atoms with Crippen LogP contribution in [0.5, 0.6) is 11.5 Å². The maximum Gasteiger partial charge on any atom is 0.251 e.